The van der Waals surface area contributed by atoms with E-state index in [0.717, 1.165) is 24.0 Å². The summed E-state index contributed by atoms with van der Waals surface area (Å²) >= 11 is 0. The van der Waals surface area contributed by atoms with Crippen LogP contribution in [0.5, 0.6) is 5.75 Å². The molecule has 0 bridgehead atoms. The van der Waals surface area contributed by atoms with E-state index in [9.17, 15) is 13.2 Å². The van der Waals surface area contributed by atoms with E-state index in [1.54, 1.807) is 42.5 Å². The molecule has 0 saturated heterocycles. The van der Waals surface area contributed by atoms with Crippen LogP contribution in [0.3, 0.4) is 0 Å². The average Bonchev–Trinajstić information content (AvgIpc) is 2.87. The van der Waals surface area contributed by atoms with Crippen molar-refractivity contribution in [3.05, 3.63) is 94.5 Å². The maximum absolute atomic E-state index is 12.9. The van der Waals surface area contributed by atoms with Crippen LogP contribution < -0.4 is 14.4 Å². The SMILES string of the molecule is CCOc1ccccc1N(Cc1ccc(C(=O)NC(C)c2ccc3c(c2)CCCC3)cc1)S(C)(=O)=O. The number of benzene rings is 3. The molecular formula is C29H34N2O4S. The Hall–Kier alpha value is -3.32. The third-order valence-electron chi connectivity index (χ3n) is 6.60. The van der Waals surface area contributed by atoms with Gasteiger partial charge in [-0.3, -0.25) is 9.10 Å². The van der Waals surface area contributed by atoms with E-state index in [-0.39, 0.29) is 18.5 Å². The van der Waals surface area contributed by atoms with E-state index >= 15 is 0 Å². The molecule has 6 nitrogen and oxygen atoms in total. The molecule has 3 aromatic rings. The number of nitrogens with one attached hydrogen (secondary N) is 1. The minimum absolute atomic E-state index is 0.111. The molecule has 0 radical (unpaired) electrons. The van der Waals surface area contributed by atoms with Crippen LogP contribution in [0.25, 0.3) is 0 Å². The highest BCUT2D eigenvalue weighted by molar-refractivity contribution is 7.92. The summed E-state index contributed by atoms with van der Waals surface area (Å²) in [6.45, 7) is 4.42. The second-order valence-electron chi connectivity index (χ2n) is 9.30. The maximum atomic E-state index is 12.9. The highest BCUT2D eigenvalue weighted by Gasteiger charge is 2.22. The summed E-state index contributed by atoms with van der Waals surface area (Å²) in [5.74, 6) is 0.353. The van der Waals surface area contributed by atoms with Crippen LogP contribution in [0, 0.1) is 0 Å². The van der Waals surface area contributed by atoms with E-state index in [2.05, 4.69) is 23.5 Å². The fourth-order valence-electron chi connectivity index (χ4n) is 4.64. The minimum Gasteiger partial charge on any atom is -0.492 e. The molecule has 1 aliphatic rings. The third-order valence-corrected chi connectivity index (χ3v) is 7.72. The van der Waals surface area contributed by atoms with Gasteiger partial charge < -0.3 is 10.1 Å². The molecule has 1 N–H and O–H groups in total. The largest absolute Gasteiger partial charge is 0.492 e. The number of para-hydroxylation sites is 2. The first-order valence-corrected chi connectivity index (χ1v) is 14.3. The topological polar surface area (TPSA) is 75.7 Å². The number of amides is 1. The molecule has 3 aromatic carbocycles. The van der Waals surface area contributed by atoms with Crippen LogP contribution >= 0.6 is 0 Å². The zero-order chi connectivity index (χ0) is 25.7. The number of carbonyl (C=O) groups excluding carboxylic acids is 1. The Bertz CT molecular complexity index is 1320. The molecule has 0 saturated carbocycles. The average molecular weight is 507 g/mol. The quantitative estimate of drug-likeness (QED) is 0.420. The van der Waals surface area contributed by atoms with Gasteiger partial charge in [0.05, 0.1) is 31.1 Å². The smallest absolute Gasteiger partial charge is 0.251 e. The van der Waals surface area contributed by atoms with Gasteiger partial charge in [0.25, 0.3) is 5.91 Å². The van der Waals surface area contributed by atoms with E-state index in [1.807, 2.05) is 19.9 Å². The molecule has 36 heavy (non-hydrogen) atoms. The van der Waals surface area contributed by atoms with Crippen molar-refractivity contribution in [1.82, 2.24) is 5.32 Å². The van der Waals surface area contributed by atoms with E-state index in [0.29, 0.717) is 23.6 Å². The number of anilines is 1. The Morgan fingerprint density at radius 2 is 1.69 bits per heavy atom. The van der Waals surface area contributed by atoms with Crippen molar-refractivity contribution in [3.8, 4) is 5.75 Å². The zero-order valence-electron chi connectivity index (χ0n) is 21.2. The summed E-state index contributed by atoms with van der Waals surface area (Å²) < 4.78 is 32.2. The van der Waals surface area contributed by atoms with Crippen LogP contribution in [0.15, 0.2) is 66.7 Å². The first kappa shape index (κ1) is 25.8. The second kappa shape index (κ2) is 11.2. The number of hydrogen-bond donors (Lipinski definition) is 1. The van der Waals surface area contributed by atoms with Gasteiger partial charge in [-0.05, 0) is 86.1 Å². The lowest BCUT2D eigenvalue weighted by Crippen LogP contribution is -2.30. The predicted octanol–water partition coefficient (Wildman–Crippen LogP) is 5.42. The molecular weight excluding hydrogens is 472 g/mol. The fourth-order valence-corrected chi connectivity index (χ4v) is 5.53. The van der Waals surface area contributed by atoms with Gasteiger partial charge in [0.1, 0.15) is 5.75 Å². The lowest BCUT2D eigenvalue weighted by Gasteiger charge is -2.25. The molecule has 190 valence electrons. The molecule has 1 amide bonds. The van der Waals surface area contributed by atoms with Gasteiger partial charge in [0.2, 0.25) is 10.0 Å². The summed E-state index contributed by atoms with van der Waals surface area (Å²) in [5.41, 5.74) is 5.71. The van der Waals surface area contributed by atoms with Crippen molar-refractivity contribution in [2.24, 2.45) is 0 Å². The summed E-state index contributed by atoms with van der Waals surface area (Å²) in [6.07, 6.45) is 5.88. The number of hydrogen-bond acceptors (Lipinski definition) is 4. The predicted molar refractivity (Wildman–Crippen MR) is 144 cm³/mol. The molecule has 1 aliphatic carbocycles. The van der Waals surface area contributed by atoms with Gasteiger partial charge in [-0.25, -0.2) is 8.42 Å². The van der Waals surface area contributed by atoms with Gasteiger partial charge in [-0.15, -0.1) is 0 Å². The standard InChI is InChI=1S/C29H34N2O4S/c1-4-35-28-12-8-7-11-27(28)31(36(3,33)34)20-22-13-15-24(16-14-22)29(32)30-21(2)25-18-17-23-9-5-6-10-26(23)19-25/h7-8,11-19,21H,4-6,9-10,20H2,1-3H3,(H,30,32). The van der Waals surface area contributed by atoms with Crippen LogP contribution in [-0.2, 0) is 29.4 Å². The highest BCUT2D eigenvalue weighted by Crippen LogP contribution is 2.31. The third kappa shape index (κ3) is 6.08. The zero-order valence-corrected chi connectivity index (χ0v) is 22.0. The van der Waals surface area contributed by atoms with Crippen molar-refractivity contribution in [2.75, 3.05) is 17.2 Å². The van der Waals surface area contributed by atoms with Gasteiger partial charge in [-0.1, -0.05) is 42.5 Å². The number of nitrogens with zero attached hydrogens (tertiary/aromatic N) is 1. The van der Waals surface area contributed by atoms with Crippen molar-refractivity contribution >= 4 is 21.6 Å². The highest BCUT2D eigenvalue weighted by atomic mass is 32.2. The first-order chi connectivity index (χ1) is 17.3. The number of ether oxygens (including phenoxy) is 1. The number of sulfonamides is 1. The lowest BCUT2D eigenvalue weighted by molar-refractivity contribution is 0.0940. The summed E-state index contributed by atoms with van der Waals surface area (Å²) in [6, 6.07) is 20.6. The van der Waals surface area contributed by atoms with Crippen molar-refractivity contribution in [2.45, 2.75) is 52.1 Å². The molecule has 0 aromatic heterocycles. The van der Waals surface area contributed by atoms with Crippen molar-refractivity contribution in [3.63, 3.8) is 0 Å². The number of fused-ring (bicyclic) bond motifs is 1. The normalized spacial score (nSPS) is 14.0. The maximum Gasteiger partial charge on any atom is 0.251 e. The Morgan fingerprint density at radius 3 is 2.39 bits per heavy atom. The van der Waals surface area contributed by atoms with E-state index < -0.39 is 10.0 Å². The van der Waals surface area contributed by atoms with Gasteiger partial charge in [0, 0.05) is 5.56 Å². The molecule has 0 aliphatic heterocycles. The Labute approximate surface area is 214 Å². The molecule has 0 heterocycles. The Balaban J connectivity index is 1.46. The number of rotatable bonds is 9. The Morgan fingerprint density at radius 1 is 1.00 bits per heavy atom. The number of aryl methyl sites for hydroxylation is 2. The molecule has 0 spiro atoms. The van der Waals surface area contributed by atoms with Crippen LogP contribution in [0.2, 0.25) is 0 Å². The summed E-state index contributed by atoms with van der Waals surface area (Å²) in [5, 5.41) is 3.09. The van der Waals surface area contributed by atoms with Crippen molar-refractivity contribution in [1.29, 1.82) is 0 Å². The Kier molecular flexibility index (Phi) is 7.99. The van der Waals surface area contributed by atoms with Crippen LogP contribution in [0.4, 0.5) is 5.69 Å². The van der Waals surface area contributed by atoms with Crippen molar-refractivity contribution < 1.29 is 17.9 Å². The van der Waals surface area contributed by atoms with Gasteiger partial charge in [-0.2, -0.15) is 0 Å². The van der Waals surface area contributed by atoms with E-state index in [1.165, 1.54) is 34.5 Å². The van der Waals surface area contributed by atoms with Gasteiger partial charge in [0.15, 0.2) is 0 Å². The molecule has 7 heteroatoms. The molecule has 4 rings (SSSR count). The second-order valence-corrected chi connectivity index (χ2v) is 11.2. The number of carbonyl (C=O) groups is 1. The summed E-state index contributed by atoms with van der Waals surface area (Å²) in [4.78, 5) is 12.9. The lowest BCUT2D eigenvalue weighted by atomic mass is 9.89. The van der Waals surface area contributed by atoms with Crippen LogP contribution in [0.1, 0.15) is 65.3 Å². The monoisotopic (exact) mass is 506 g/mol. The van der Waals surface area contributed by atoms with E-state index in [4.69, 9.17) is 4.74 Å². The van der Waals surface area contributed by atoms with Crippen LogP contribution in [-0.4, -0.2) is 27.2 Å². The first-order valence-electron chi connectivity index (χ1n) is 12.5. The fraction of sp³-hybridized carbons (Fsp3) is 0.345. The molecule has 0 fully saturated rings. The van der Waals surface area contributed by atoms with Gasteiger partial charge >= 0.3 is 0 Å². The summed E-state index contributed by atoms with van der Waals surface area (Å²) in [7, 11) is -3.56. The molecule has 1 unspecified atom stereocenters. The minimum atomic E-state index is -3.56. The molecule has 1 atom stereocenters.